The molecule has 1 aromatic carbocycles. The van der Waals surface area contributed by atoms with Crippen LogP contribution in [-0.2, 0) is 44.0 Å². The molecule has 3 heterocycles. The van der Waals surface area contributed by atoms with E-state index < -0.39 is 192 Å². The second kappa shape index (κ2) is 20.7. The number of aromatic hydroxyl groups is 1. The van der Waals surface area contributed by atoms with Crippen molar-refractivity contribution < 1.29 is 96.7 Å². The average Bonchev–Trinajstić information content (AvgIpc) is 3.74. The van der Waals surface area contributed by atoms with E-state index in [2.05, 4.69) is 14.8 Å². The van der Waals surface area contributed by atoms with E-state index in [0.717, 1.165) is 19.1 Å². The molecule has 15 atom stereocenters. The molecule has 0 saturated carbocycles. The summed E-state index contributed by atoms with van der Waals surface area (Å²) in [5, 5.41) is 106. The molecule has 0 aromatic heterocycles. The zero-order chi connectivity index (χ0) is 48.3. The summed E-state index contributed by atoms with van der Waals surface area (Å²) in [5.41, 5.74) is 10.6. The van der Waals surface area contributed by atoms with Gasteiger partial charge in [-0.15, -0.1) is 0 Å². The van der Waals surface area contributed by atoms with Crippen molar-refractivity contribution in [1.29, 1.82) is 0 Å². The Bertz CT molecular complexity index is 2060. The van der Waals surface area contributed by atoms with Gasteiger partial charge in [-0.2, -0.15) is 8.42 Å². The van der Waals surface area contributed by atoms with Crippen LogP contribution in [0.2, 0.25) is 0 Å². The maximum absolute atomic E-state index is 14.3. The summed E-state index contributed by atoms with van der Waals surface area (Å²) in [5.74, 6) is -12.4. The number of carbonyl (C=O) groups excluding carboxylic acids is 7. The fourth-order valence-corrected chi connectivity index (χ4v) is 7.77. The second-order valence-corrected chi connectivity index (χ2v) is 16.8. The Hall–Kier alpha value is -5.34. The quantitative estimate of drug-likeness (QED) is 0.102. The van der Waals surface area contributed by atoms with Crippen molar-refractivity contribution in [2.75, 3.05) is 13.1 Å². The zero-order valence-corrected chi connectivity index (χ0v) is 34.8. The van der Waals surface area contributed by atoms with E-state index in [1.54, 1.807) is 0 Å². The number of nitrogens with one attached hydrogen (secondary N) is 4. The number of nitrogens with two attached hydrogens (primary N) is 2. The van der Waals surface area contributed by atoms with Crippen LogP contribution in [0.4, 0.5) is 0 Å². The van der Waals surface area contributed by atoms with E-state index in [0.29, 0.717) is 15.9 Å². The first-order valence-electron chi connectivity index (χ1n) is 19.4. The van der Waals surface area contributed by atoms with Gasteiger partial charge in [0.2, 0.25) is 41.4 Å². The molecule has 1 aromatic rings. The average molecular weight is 937 g/mol. The summed E-state index contributed by atoms with van der Waals surface area (Å²) < 4.78 is 36.2. The molecule has 29 heteroatoms. The van der Waals surface area contributed by atoms with Gasteiger partial charge in [-0.25, -0.2) is 0 Å². The summed E-state index contributed by atoms with van der Waals surface area (Å²) in [6.45, 7) is 1.26. The molecule has 18 N–H and O–H groups in total. The number of rotatable bonds is 9. The highest BCUT2D eigenvalue weighted by molar-refractivity contribution is 7.81. The molecule has 3 aliphatic rings. The highest BCUT2D eigenvalue weighted by Gasteiger charge is 2.50. The van der Waals surface area contributed by atoms with E-state index in [1.165, 1.54) is 6.92 Å². The van der Waals surface area contributed by atoms with Crippen LogP contribution in [0, 0.1) is 5.92 Å². The summed E-state index contributed by atoms with van der Waals surface area (Å²) >= 11 is 0. The van der Waals surface area contributed by atoms with Crippen molar-refractivity contribution in [2.24, 2.45) is 17.4 Å². The van der Waals surface area contributed by atoms with Gasteiger partial charge in [-0.3, -0.25) is 38.1 Å². The number of carbonyl (C=O) groups is 7. The minimum absolute atomic E-state index is 0.508. The number of aliphatic hydroxyl groups excluding tert-OH is 8. The molecule has 0 bridgehead atoms. The van der Waals surface area contributed by atoms with Crippen molar-refractivity contribution >= 4 is 51.7 Å². The molecule has 3 fully saturated rings. The number of hydrogen-bond acceptors (Lipinski definition) is 20. The number of phenols is 1. The van der Waals surface area contributed by atoms with E-state index in [1.807, 2.05) is 10.6 Å². The summed E-state index contributed by atoms with van der Waals surface area (Å²) in [7, 11) is -5.30. The number of primary amides is 1. The molecule has 3 saturated heterocycles. The van der Waals surface area contributed by atoms with Crippen LogP contribution in [0.5, 0.6) is 11.5 Å². The first kappa shape index (κ1) is 51.3. The lowest BCUT2D eigenvalue weighted by Crippen LogP contribution is -2.64. The fraction of sp³-hybridized carbons (Fsp3) is 0.629. The number of fused-ring (bicyclic) bond motifs is 2. The van der Waals surface area contributed by atoms with Crippen LogP contribution in [0.25, 0.3) is 0 Å². The van der Waals surface area contributed by atoms with Crippen LogP contribution in [-0.4, -0.2) is 202 Å². The molecule has 7 amide bonds. The number of phenolic OH excluding ortho intramolecular Hbond substituents is 1. The standard InChI is InChI=1S/C35H52N8O20S/c1-11-9-43-25(26(11)50)33(57)41-31(55)19(48)7-15(36)29(53)38-22(12(2)44)34(58)42-10-14(45)6-16(42)30(54)40-24(32(56)39-23(35(43)59)18(47)8-21(37)49)28(52)27(51)13-3-4-17(46)20(5-13)63-64(60,61)62/h3-5,11-12,14-16,18-19,22-28,31,44-48,50-52,55H,6-10,36H2,1-2H3,(H2,37,49)(H,38,53)(H,39,56)(H,40,54)(H,41,57)(H,60,61,62)/t11-,12+,14+,15?,16-,18+,19+,22-,23-,24-,25-,26-,27-,28-,31+/m0/s1. The smallest absolute Gasteiger partial charge is 0.446 e. The summed E-state index contributed by atoms with van der Waals surface area (Å²) in [4.78, 5) is 96.6. The number of aliphatic hydroxyl groups is 8. The van der Waals surface area contributed by atoms with Crippen molar-refractivity contribution in [3.8, 4) is 11.5 Å². The lowest BCUT2D eigenvalue weighted by Gasteiger charge is -2.34. The van der Waals surface area contributed by atoms with Crippen molar-refractivity contribution in [1.82, 2.24) is 31.1 Å². The van der Waals surface area contributed by atoms with Crippen LogP contribution in [0.3, 0.4) is 0 Å². The Balaban J connectivity index is 1.88. The molecule has 3 aliphatic heterocycles. The molecule has 28 nitrogen and oxygen atoms in total. The lowest BCUT2D eigenvalue weighted by atomic mass is 9.96. The third-order valence-corrected chi connectivity index (χ3v) is 11.2. The maximum atomic E-state index is 14.3. The monoisotopic (exact) mass is 936 g/mol. The molecular weight excluding hydrogens is 884 g/mol. The second-order valence-electron chi connectivity index (χ2n) is 15.8. The number of nitrogens with zero attached hydrogens (tertiary/aromatic N) is 2. The Morgan fingerprint density at radius 2 is 1.44 bits per heavy atom. The number of amides is 7. The predicted octanol–water partition coefficient (Wildman–Crippen LogP) is -9.26. The van der Waals surface area contributed by atoms with Crippen LogP contribution < -0.4 is 36.9 Å². The van der Waals surface area contributed by atoms with Gasteiger partial charge in [-0.1, -0.05) is 13.0 Å². The van der Waals surface area contributed by atoms with E-state index >= 15 is 0 Å². The first-order chi connectivity index (χ1) is 29.6. The van der Waals surface area contributed by atoms with Crippen molar-refractivity contribution in [3.05, 3.63) is 23.8 Å². The Labute approximate surface area is 363 Å². The Kier molecular flexibility index (Phi) is 16.6. The van der Waals surface area contributed by atoms with Crippen molar-refractivity contribution in [3.63, 3.8) is 0 Å². The Morgan fingerprint density at radius 3 is 2.03 bits per heavy atom. The molecule has 0 aliphatic carbocycles. The van der Waals surface area contributed by atoms with Gasteiger partial charge in [0.05, 0.1) is 36.9 Å². The molecule has 0 spiro atoms. The van der Waals surface area contributed by atoms with Crippen LogP contribution in [0.15, 0.2) is 18.2 Å². The molecule has 0 radical (unpaired) electrons. The van der Waals surface area contributed by atoms with E-state index in [-0.39, 0.29) is 0 Å². The van der Waals surface area contributed by atoms with E-state index in [9.17, 15) is 87.9 Å². The SMILES string of the molecule is C[C@@H](O)[C@@H]1NC(=O)C(N)C[C@@H](O)[C@@H](O)NC(=O)[C@@H]2[C@@H](O)[C@@H](C)CN2C(=O)[C@H]([C@H](O)CC(N)=O)NC(=O)[C@H]([C@H](O)[C@@H](O)c2ccc(O)c(OS(=O)(=O)O)c2)NC(=O)[C@@H]2C[C@@H](O)CN2C1=O. The molecule has 358 valence electrons. The molecule has 1 unspecified atom stereocenters. The molecular formula is C35H52N8O20S. The van der Waals surface area contributed by atoms with Crippen molar-refractivity contribution in [2.45, 2.75) is 118 Å². The fourth-order valence-electron chi connectivity index (χ4n) is 7.41. The lowest BCUT2D eigenvalue weighted by molar-refractivity contribution is -0.149. The zero-order valence-electron chi connectivity index (χ0n) is 33.9. The highest BCUT2D eigenvalue weighted by Crippen LogP contribution is 2.32. The third-order valence-electron chi connectivity index (χ3n) is 10.8. The minimum atomic E-state index is -5.30. The minimum Gasteiger partial charge on any atom is -0.504 e. The number of benzene rings is 1. The van der Waals surface area contributed by atoms with Gasteiger partial charge < -0.3 is 92.7 Å². The summed E-state index contributed by atoms with van der Waals surface area (Å²) in [6.07, 6.45) is -19.1. The maximum Gasteiger partial charge on any atom is 0.446 e. The number of hydrogen-bond donors (Lipinski definition) is 16. The van der Waals surface area contributed by atoms with Gasteiger partial charge >= 0.3 is 10.4 Å². The molecule has 4 rings (SSSR count). The summed E-state index contributed by atoms with van der Waals surface area (Å²) in [6, 6.07) is -10.2. The van der Waals surface area contributed by atoms with Crippen LogP contribution >= 0.6 is 0 Å². The predicted molar refractivity (Wildman–Crippen MR) is 208 cm³/mol. The molecule has 64 heavy (non-hydrogen) atoms. The van der Waals surface area contributed by atoms with Gasteiger partial charge in [0.25, 0.3) is 0 Å². The third kappa shape index (κ3) is 12.1. The van der Waals surface area contributed by atoms with Gasteiger partial charge in [0.15, 0.2) is 17.7 Å². The van der Waals surface area contributed by atoms with Gasteiger partial charge in [0.1, 0.15) is 48.5 Å². The van der Waals surface area contributed by atoms with Gasteiger partial charge in [0, 0.05) is 31.8 Å². The topological polar surface area (TPSA) is 472 Å². The first-order valence-corrected chi connectivity index (χ1v) is 20.8. The highest BCUT2D eigenvalue weighted by atomic mass is 32.3. The van der Waals surface area contributed by atoms with Gasteiger partial charge in [-0.05, 0) is 24.6 Å². The largest absolute Gasteiger partial charge is 0.504 e. The van der Waals surface area contributed by atoms with Crippen LogP contribution in [0.1, 0.15) is 44.8 Å². The Morgan fingerprint density at radius 1 is 0.844 bits per heavy atom. The van der Waals surface area contributed by atoms with E-state index in [4.69, 9.17) is 16.0 Å². The normalized spacial score (nSPS) is 32.4.